The van der Waals surface area contributed by atoms with Crippen molar-refractivity contribution in [1.29, 1.82) is 0 Å². The SMILES string of the molecule is C=C(C(=O)O)c1cn(C(C)CC)cn1. The molecule has 0 spiro atoms. The van der Waals surface area contributed by atoms with E-state index in [1.807, 2.05) is 4.57 Å². The van der Waals surface area contributed by atoms with Gasteiger partial charge in [-0.25, -0.2) is 9.78 Å². The molecule has 0 aliphatic heterocycles. The van der Waals surface area contributed by atoms with E-state index in [9.17, 15) is 4.79 Å². The van der Waals surface area contributed by atoms with Gasteiger partial charge >= 0.3 is 5.97 Å². The van der Waals surface area contributed by atoms with Crippen LogP contribution < -0.4 is 0 Å². The van der Waals surface area contributed by atoms with Crippen LogP contribution in [0.3, 0.4) is 0 Å². The molecule has 1 aromatic rings. The van der Waals surface area contributed by atoms with Crippen LogP contribution in [0.1, 0.15) is 32.0 Å². The van der Waals surface area contributed by atoms with Crippen LogP contribution >= 0.6 is 0 Å². The molecule has 0 aliphatic carbocycles. The molecule has 0 bridgehead atoms. The number of imidazole rings is 1. The van der Waals surface area contributed by atoms with Crippen molar-refractivity contribution >= 4 is 11.5 Å². The molecule has 4 nitrogen and oxygen atoms in total. The summed E-state index contributed by atoms with van der Waals surface area (Å²) in [5.74, 6) is -1.03. The maximum absolute atomic E-state index is 10.6. The van der Waals surface area contributed by atoms with Crippen LogP contribution in [0.15, 0.2) is 19.1 Å². The maximum atomic E-state index is 10.6. The lowest BCUT2D eigenvalue weighted by Crippen LogP contribution is -2.01. The first kappa shape index (κ1) is 10.5. The number of aliphatic carboxylic acids is 1. The monoisotopic (exact) mass is 194 g/mol. The van der Waals surface area contributed by atoms with Crippen molar-refractivity contribution in [3.8, 4) is 0 Å². The van der Waals surface area contributed by atoms with Crippen molar-refractivity contribution in [2.45, 2.75) is 26.3 Å². The lowest BCUT2D eigenvalue weighted by molar-refractivity contribution is -0.130. The van der Waals surface area contributed by atoms with Gasteiger partial charge in [-0.1, -0.05) is 13.5 Å². The fourth-order valence-electron chi connectivity index (χ4n) is 1.05. The van der Waals surface area contributed by atoms with E-state index in [1.54, 1.807) is 12.5 Å². The van der Waals surface area contributed by atoms with E-state index in [1.165, 1.54) is 0 Å². The van der Waals surface area contributed by atoms with Crippen molar-refractivity contribution in [1.82, 2.24) is 9.55 Å². The Kier molecular flexibility index (Phi) is 3.06. The number of carboxylic acids is 1. The smallest absolute Gasteiger partial charge is 0.337 e. The molecule has 1 rings (SSSR count). The predicted octanol–water partition coefficient (Wildman–Crippen LogP) is 1.95. The first-order chi connectivity index (χ1) is 6.56. The van der Waals surface area contributed by atoms with Crippen molar-refractivity contribution in [3.63, 3.8) is 0 Å². The summed E-state index contributed by atoms with van der Waals surface area (Å²) < 4.78 is 1.89. The van der Waals surface area contributed by atoms with E-state index in [0.717, 1.165) is 6.42 Å². The predicted molar refractivity (Wildman–Crippen MR) is 53.9 cm³/mol. The summed E-state index contributed by atoms with van der Waals surface area (Å²) in [6.07, 6.45) is 4.33. The first-order valence-electron chi connectivity index (χ1n) is 4.52. The number of carbonyl (C=O) groups is 1. The Morgan fingerprint density at radius 1 is 1.79 bits per heavy atom. The number of aromatic nitrogens is 2. The molecule has 0 fully saturated rings. The van der Waals surface area contributed by atoms with Crippen LogP contribution in [0.25, 0.3) is 5.57 Å². The van der Waals surface area contributed by atoms with Crippen LogP contribution in [0.2, 0.25) is 0 Å². The van der Waals surface area contributed by atoms with E-state index in [-0.39, 0.29) is 5.57 Å². The van der Waals surface area contributed by atoms with E-state index in [4.69, 9.17) is 5.11 Å². The lowest BCUT2D eigenvalue weighted by Gasteiger charge is -2.08. The van der Waals surface area contributed by atoms with Gasteiger partial charge in [-0.05, 0) is 13.3 Å². The number of rotatable bonds is 4. The molecular weight excluding hydrogens is 180 g/mol. The Morgan fingerprint density at radius 3 is 2.93 bits per heavy atom. The highest BCUT2D eigenvalue weighted by molar-refractivity contribution is 6.13. The molecule has 4 heteroatoms. The number of hydrogen-bond acceptors (Lipinski definition) is 2. The second-order valence-corrected chi connectivity index (χ2v) is 3.25. The third kappa shape index (κ3) is 2.02. The molecule has 0 radical (unpaired) electrons. The lowest BCUT2D eigenvalue weighted by atomic mass is 10.2. The molecular formula is C10H14N2O2. The van der Waals surface area contributed by atoms with Crippen LogP contribution in [-0.2, 0) is 4.79 Å². The van der Waals surface area contributed by atoms with Gasteiger partial charge in [0, 0.05) is 12.2 Å². The summed E-state index contributed by atoms with van der Waals surface area (Å²) in [6, 6.07) is 0.331. The maximum Gasteiger partial charge on any atom is 0.337 e. The minimum absolute atomic E-state index is 0.0343. The van der Waals surface area contributed by atoms with E-state index in [0.29, 0.717) is 11.7 Å². The second kappa shape index (κ2) is 4.09. The molecule has 0 amide bonds. The highest BCUT2D eigenvalue weighted by Crippen LogP contribution is 2.14. The summed E-state index contributed by atoms with van der Waals surface area (Å²) in [6.45, 7) is 7.56. The van der Waals surface area contributed by atoms with Crippen molar-refractivity contribution in [2.24, 2.45) is 0 Å². The van der Waals surface area contributed by atoms with Crippen molar-refractivity contribution in [2.75, 3.05) is 0 Å². The third-order valence-electron chi connectivity index (χ3n) is 2.27. The average molecular weight is 194 g/mol. The van der Waals surface area contributed by atoms with Gasteiger partial charge in [0.2, 0.25) is 0 Å². The number of nitrogens with zero attached hydrogens (tertiary/aromatic N) is 2. The van der Waals surface area contributed by atoms with Gasteiger partial charge in [0.15, 0.2) is 0 Å². The Morgan fingerprint density at radius 2 is 2.43 bits per heavy atom. The zero-order chi connectivity index (χ0) is 10.7. The van der Waals surface area contributed by atoms with Gasteiger partial charge in [0.1, 0.15) is 0 Å². The first-order valence-corrected chi connectivity index (χ1v) is 4.52. The molecule has 76 valence electrons. The van der Waals surface area contributed by atoms with Gasteiger partial charge < -0.3 is 9.67 Å². The number of carboxylic acid groups (broad SMARTS) is 1. The molecule has 1 heterocycles. The normalized spacial score (nSPS) is 12.4. The highest BCUT2D eigenvalue weighted by atomic mass is 16.4. The summed E-state index contributed by atoms with van der Waals surface area (Å²) in [5, 5.41) is 8.69. The van der Waals surface area contributed by atoms with Crippen molar-refractivity contribution in [3.05, 3.63) is 24.8 Å². The largest absolute Gasteiger partial charge is 0.478 e. The Balaban J connectivity index is 2.88. The van der Waals surface area contributed by atoms with Gasteiger partial charge in [0.25, 0.3) is 0 Å². The highest BCUT2D eigenvalue weighted by Gasteiger charge is 2.11. The average Bonchev–Trinajstić information content (AvgIpc) is 2.64. The van der Waals surface area contributed by atoms with Gasteiger partial charge in [-0.3, -0.25) is 0 Å². The molecule has 14 heavy (non-hydrogen) atoms. The Bertz CT molecular complexity index is 355. The summed E-state index contributed by atoms with van der Waals surface area (Å²) in [4.78, 5) is 14.6. The van der Waals surface area contributed by atoms with E-state index >= 15 is 0 Å². The summed E-state index contributed by atoms with van der Waals surface area (Å²) in [5.41, 5.74) is 0.463. The van der Waals surface area contributed by atoms with Gasteiger partial charge in [-0.15, -0.1) is 0 Å². The number of hydrogen-bond donors (Lipinski definition) is 1. The minimum atomic E-state index is -1.03. The van der Waals surface area contributed by atoms with Crippen LogP contribution in [0, 0.1) is 0 Å². The van der Waals surface area contributed by atoms with Crippen LogP contribution in [-0.4, -0.2) is 20.6 Å². The second-order valence-electron chi connectivity index (χ2n) is 3.25. The summed E-state index contributed by atoms with van der Waals surface area (Å²) >= 11 is 0. The molecule has 0 saturated carbocycles. The zero-order valence-electron chi connectivity index (χ0n) is 8.40. The fraction of sp³-hybridized carbons (Fsp3) is 0.400. The molecule has 1 atom stereocenters. The zero-order valence-corrected chi connectivity index (χ0v) is 8.40. The minimum Gasteiger partial charge on any atom is -0.478 e. The molecule has 1 N–H and O–H groups in total. The molecule has 1 unspecified atom stereocenters. The quantitative estimate of drug-likeness (QED) is 0.745. The van der Waals surface area contributed by atoms with E-state index < -0.39 is 5.97 Å². The molecule has 0 saturated heterocycles. The standard InChI is InChI=1S/C10H14N2O2/c1-4-7(2)12-5-9(11-6-12)8(3)10(13)14/h5-7H,3-4H2,1-2H3,(H,13,14). The Labute approximate surface area is 82.9 Å². The topological polar surface area (TPSA) is 55.1 Å². The Hall–Kier alpha value is -1.58. The summed E-state index contributed by atoms with van der Waals surface area (Å²) in [7, 11) is 0. The van der Waals surface area contributed by atoms with Gasteiger partial charge in [0.05, 0.1) is 17.6 Å². The van der Waals surface area contributed by atoms with Crippen molar-refractivity contribution < 1.29 is 9.90 Å². The van der Waals surface area contributed by atoms with Crippen LogP contribution in [0.5, 0.6) is 0 Å². The van der Waals surface area contributed by atoms with E-state index in [2.05, 4.69) is 25.4 Å². The fourth-order valence-corrected chi connectivity index (χ4v) is 1.05. The third-order valence-corrected chi connectivity index (χ3v) is 2.27. The molecule has 0 aliphatic rings. The van der Waals surface area contributed by atoms with Crippen LogP contribution in [0.4, 0.5) is 0 Å². The molecule has 1 aromatic heterocycles. The molecule has 0 aromatic carbocycles. The van der Waals surface area contributed by atoms with Gasteiger partial charge in [-0.2, -0.15) is 0 Å².